The zero-order chi connectivity index (χ0) is 18.9. The zero-order valence-electron chi connectivity index (χ0n) is 16.4. The van der Waals surface area contributed by atoms with Gasteiger partial charge in [-0.15, -0.1) is 0 Å². The minimum Gasteiger partial charge on any atom is -0.463 e. The number of carbonyl (C=O) groups is 2. The van der Waals surface area contributed by atoms with Crippen molar-refractivity contribution in [2.45, 2.75) is 90.4 Å². The van der Waals surface area contributed by atoms with Gasteiger partial charge in [-0.25, -0.2) is 0 Å². The SMILES string of the molecule is C[C@@H]1[C@@H](C)[C@H](C)O[C@@H]2COC(=O)CCCC/C=C\CCCCC(=O)O[C@@H]12. The standard InChI is InChI=1S/C21H34O5/c1-15-16(2)21-18(25-17(15)3)14-24-19(22)12-10-8-6-4-5-7-9-11-13-20(23)26-21/h4-5,15-18,21H,6-14H2,1-3H3/b5-4-/t15-,16-,17+,18-,21+/m1/s1. The molecule has 5 nitrogen and oxygen atoms in total. The maximum absolute atomic E-state index is 12.3. The average Bonchev–Trinajstić information content (AvgIpc) is 2.61. The monoisotopic (exact) mass is 366 g/mol. The second kappa shape index (κ2) is 10.7. The van der Waals surface area contributed by atoms with Crippen molar-refractivity contribution < 1.29 is 23.8 Å². The molecule has 0 aliphatic carbocycles. The van der Waals surface area contributed by atoms with Crippen LogP contribution < -0.4 is 0 Å². The molecule has 26 heavy (non-hydrogen) atoms. The molecular weight excluding hydrogens is 332 g/mol. The third kappa shape index (κ3) is 6.42. The first-order valence-corrected chi connectivity index (χ1v) is 10.1. The fourth-order valence-electron chi connectivity index (χ4n) is 3.62. The lowest BCUT2D eigenvalue weighted by molar-refractivity contribution is -0.204. The van der Waals surface area contributed by atoms with E-state index in [9.17, 15) is 9.59 Å². The number of ether oxygens (including phenoxy) is 3. The topological polar surface area (TPSA) is 61.8 Å². The van der Waals surface area contributed by atoms with Gasteiger partial charge in [-0.1, -0.05) is 26.0 Å². The first kappa shape index (κ1) is 20.9. The van der Waals surface area contributed by atoms with Crippen LogP contribution in [-0.2, 0) is 23.8 Å². The summed E-state index contributed by atoms with van der Waals surface area (Å²) in [5.74, 6) is 0.0538. The number of hydrogen-bond donors (Lipinski definition) is 0. The summed E-state index contributed by atoms with van der Waals surface area (Å²) in [5.41, 5.74) is 0. The lowest BCUT2D eigenvalue weighted by atomic mass is 9.82. The highest BCUT2D eigenvalue weighted by Crippen LogP contribution is 2.33. The first-order chi connectivity index (χ1) is 12.5. The van der Waals surface area contributed by atoms with Crippen molar-refractivity contribution in [3.8, 4) is 0 Å². The number of carbonyl (C=O) groups excluding carboxylic acids is 2. The number of cyclic esters (lactones) is 1. The van der Waals surface area contributed by atoms with Crippen molar-refractivity contribution in [1.82, 2.24) is 0 Å². The van der Waals surface area contributed by atoms with E-state index < -0.39 is 0 Å². The average molecular weight is 366 g/mol. The molecule has 2 aliphatic rings. The van der Waals surface area contributed by atoms with E-state index >= 15 is 0 Å². The van der Waals surface area contributed by atoms with Crippen LogP contribution >= 0.6 is 0 Å². The maximum Gasteiger partial charge on any atom is 0.306 e. The Morgan fingerprint density at radius 3 is 2.12 bits per heavy atom. The Hall–Kier alpha value is -1.36. The molecule has 1 saturated heterocycles. The summed E-state index contributed by atoms with van der Waals surface area (Å²) < 4.78 is 17.2. The van der Waals surface area contributed by atoms with Gasteiger partial charge in [0.05, 0.1) is 6.10 Å². The number of allylic oxidation sites excluding steroid dienone is 2. The smallest absolute Gasteiger partial charge is 0.306 e. The Balaban J connectivity index is 2.03. The fourth-order valence-corrected chi connectivity index (χ4v) is 3.62. The maximum atomic E-state index is 12.3. The molecule has 0 saturated carbocycles. The van der Waals surface area contributed by atoms with Gasteiger partial charge in [-0.05, 0) is 51.4 Å². The van der Waals surface area contributed by atoms with Gasteiger partial charge in [0.1, 0.15) is 18.8 Å². The van der Waals surface area contributed by atoms with Crippen LogP contribution in [0.5, 0.6) is 0 Å². The molecule has 0 spiro atoms. The van der Waals surface area contributed by atoms with E-state index in [2.05, 4.69) is 26.0 Å². The van der Waals surface area contributed by atoms with Crippen LogP contribution in [0.25, 0.3) is 0 Å². The van der Waals surface area contributed by atoms with E-state index in [1.807, 2.05) is 6.92 Å². The van der Waals surface area contributed by atoms with E-state index in [0.29, 0.717) is 12.8 Å². The van der Waals surface area contributed by atoms with Crippen molar-refractivity contribution in [3.05, 3.63) is 12.2 Å². The predicted octanol–water partition coefficient (Wildman–Crippen LogP) is 4.19. The van der Waals surface area contributed by atoms with Crippen LogP contribution in [0.2, 0.25) is 0 Å². The van der Waals surface area contributed by atoms with Gasteiger partial charge in [0, 0.05) is 18.8 Å². The van der Waals surface area contributed by atoms with Crippen molar-refractivity contribution in [1.29, 1.82) is 0 Å². The van der Waals surface area contributed by atoms with Gasteiger partial charge >= 0.3 is 11.9 Å². The van der Waals surface area contributed by atoms with Crippen molar-refractivity contribution >= 4 is 11.9 Å². The van der Waals surface area contributed by atoms with Crippen LogP contribution in [0.15, 0.2) is 12.2 Å². The lowest BCUT2D eigenvalue weighted by Crippen LogP contribution is -2.52. The lowest BCUT2D eigenvalue weighted by Gasteiger charge is -2.43. The Morgan fingerprint density at radius 2 is 1.46 bits per heavy atom. The summed E-state index contributed by atoms with van der Waals surface area (Å²) in [6.07, 6.45) is 10.1. The van der Waals surface area contributed by atoms with Crippen LogP contribution in [0, 0.1) is 11.8 Å². The second-order valence-corrected chi connectivity index (χ2v) is 7.70. The number of rotatable bonds is 0. The van der Waals surface area contributed by atoms with E-state index in [1.165, 1.54) is 0 Å². The minimum atomic E-state index is -0.388. The quantitative estimate of drug-likeness (QED) is 0.475. The molecule has 0 radical (unpaired) electrons. The third-order valence-electron chi connectivity index (χ3n) is 5.69. The summed E-state index contributed by atoms with van der Waals surface area (Å²) in [5, 5.41) is 0. The predicted molar refractivity (Wildman–Crippen MR) is 99.6 cm³/mol. The van der Waals surface area contributed by atoms with Crippen LogP contribution in [0.3, 0.4) is 0 Å². The molecule has 2 heterocycles. The molecular formula is C21H34O5. The molecule has 5 atom stereocenters. The van der Waals surface area contributed by atoms with Crippen LogP contribution in [-0.4, -0.2) is 36.9 Å². The summed E-state index contributed by atoms with van der Waals surface area (Å²) in [6, 6.07) is 0. The molecule has 0 N–H and O–H groups in total. The summed E-state index contributed by atoms with van der Waals surface area (Å²) in [7, 11) is 0. The zero-order valence-corrected chi connectivity index (χ0v) is 16.4. The van der Waals surface area contributed by atoms with Gasteiger partial charge < -0.3 is 14.2 Å². The van der Waals surface area contributed by atoms with Gasteiger partial charge in [0.2, 0.25) is 0 Å². The van der Waals surface area contributed by atoms with Crippen molar-refractivity contribution in [2.24, 2.45) is 11.8 Å². The largest absolute Gasteiger partial charge is 0.463 e. The molecule has 0 bridgehead atoms. The molecule has 0 amide bonds. The molecule has 148 valence electrons. The molecule has 5 heteroatoms. The molecule has 2 aliphatic heterocycles. The summed E-state index contributed by atoms with van der Waals surface area (Å²) in [4.78, 5) is 24.3. The van der Waals surface area contributed by atoms with Gasteiger partial charge in [-0.3, -0.25) is 9.59 Å². The number of fused-ring (bicyclic) bond motifs is 1. The Labute approximate surface area is 157 Å². The third-order valence-corrected chi connectivity index (χ3v) is 5.69. The summed E-state index contributed by atoms with van der Waals surface area (Å²) in [6.45, 7) is 6.37. The summed E-state index contributed by atoms with van der Waals surface area (Å²) >= 11 is 0. The number of hydrogen-bond acceptors (Lipinski definition) is 5. The van der Waals surface area contributed by atoms with E-state index in [-0.39, 0.29) is 48.7 Å². The van der Waals surface area contributed by atoms with Crippen molar-refractivity contribution in [3.63, 3.8) is 0 Å². The second-order valence-electron chi connectivity index (χ2n) is 7.70. The molecule has 0 aromatic rings. The van der Waals surface area contributed by atoms with Crippen molar-refractivity contribution in [2.75, 3.05) is 6.61 Å². The Morgan fingerprint density at radius 1 is 0.846 bits per heavy atom. The van der Waals surface area contributed by atoms with Crippen LogP contribution in [0.4, 0.5) is 0 Å². The first-order valence-electron chi connectivity index (χ1n) is 10.1. The van der Waals surface area contributed by atoms with Gasteiger partial charge in [-0.2, -0.15) is 0 Å². The highest BCUT2D eigenvalue weighted by Gasteiger charge is 2.42. The van der Waals surface area contributed by atoms with Gasteiger partial charge in [0.25, 0.3) is 0 Å². The molecule has 0 aromatic heterocycles. The number of esters is 2. The minimum absolute atomic E-state index is 0.0452. The molecule has 1 fully saturated rings. The van der Waals surface area contributed by atoms with E-state index in [1.54, 1.807) is 0 Å². The molecule has 0 unspecified atom stereocenters. The Kier molecular flexibility index (Phi) is 8.63. The van der Waals surface area contributed by atoms with Crippen LogP contribution in [0.1, 0.15) is 72.1 Å². The fraction of sp³-hybridized carbons (Fsp3) is 0.810. The highest BCUT2D eigenvalue weighted by atomic mass is 16.6. The normalized spacial score (nSPS) is 37.0. The van der Waals surface area contributed by atoms with E-state index in [0.717, 1.165) is 38.5 Å². The van der Waals surface area contributed by atoms with E-state index in [4.69, 9.17) is 14.2 Å². The Bertz CT molecular complexity index is 487. The molecule has 0 aromatic carbocycles. The highest BCUT2D eigenvalue weighted by molar-refractivity contribution is 5.70. The van der Waals surface area contributed by atoms with Gasteiger partial charge in [0.15, 0.2) is 0 Å². The molecule has 2 rings (SSSR count).